The molecule has 0 aliphatic carbocycles. The lowest BCUT2D eigenvalue weighted by Gasteiger charge is -2.10. The molecule has 0 saturated carbocycles. The molecule has 0 atom stereocenters. The van der Waals surface area contributed by atoms with Gasteiger partial charge in [0.15, 0.2) is 0 Å². The largest absolute Gasteiger partial charge is 0.393 e. The van der Waals surface area contributed by atoms with Gasteiger partial charge in [-0.25, -0.2) is 0 Å². The van der Waals surface area contributed by atoms with Gasteiger partial charge in [-0.2, -0.15) is 0 Å². The Labute approximate surface area is 121 Å². The molecule has 108 valence electrons. The first kappa shape index (κ1) is 14.4. The topological polar surface area (TPSA) is 111 Å². The van der Waals surface area contributed by atoms with Crippen LogP contribution < -0.4 is 11.1 Å². The van der Waals surface area contributed by atoms with Crippen LogP contribution in [0.15, 0.2) is 30.3 Å². The minimum Gasteiger partial charge on any atom is -0.393 e. The number of hydrogen-bond acceptors (Lipinski definition) is 5. The number of nitrogen functional groups attached to an aromatic ring is 1. The Bertz CT molecular complexity index is 728. The van der Waals surface area contributed by atoms with Crippen molar-refractivity contribution in [2.24, 2.45) is 0 Å². The number of nitrogens with zero attached hydrogens (tertiary/aromatic N) is 2. The van der Waals surface area contributed by atoms with Gasteiger partial charge < -0.3 is 11.1 Å². The molecular weight excluding hydrogens is 272 g/mol. The molecule has 0 spiro atoms. The van der Waals surface area contributed by atoms with Crippen LogP contribution in [0.4, 0.5) is 17.1 Å². The van der Waals surface area contributed by atoms with Crippen LogP contribution in [0.2, 0.25) is 0 Å². The molecule has 0 radical (unpaired) electrons. The summed E-state index contributed by atoms with van der Waals surface area (Å²) >= 11 is 0. The van der Waals surface area contributed by atoms with E-state index in [1.54, 1.807) is 19.1 Å². The van der Waals surface area contributed by atoms with E-state index in [0.29, 0.717) is 11.4 Å². The van der Waals surface area contributed by atoms with Crippen molar-refractivity contribution >= 4 is 23.0 Å². The number of carbonyl (C=O) groups excluding carboxylic acids is 1. The summed E-state index contributed by atoms with van der Waals surface area (Å²) in [7, 11) is 0. The zero-order valence-electron chi connectivity index (χ0n) is 11.6. The lowest BCUT2D eigenvalue weighted by atomic mass is 10.1. The highest BCUT2D eigenvalue weighted by Crippen LogP contribution is 2.25. The van der Waals surface area contributed by atoms with Crippen LogP contribution in [0, 0.1) is 24.0 Å². The van der Waals surface area contributed by atoms with Crippen LogP contribution in [-0.4, -0.2) is 15.8 Å². The highest BCUT2D eigenvalue weighted by molar-refractivity contribution is 6.09. The average molecular weight is 286 g/mol. The standard InChI is InChI=1S/C14H14N4O3/c1-8-6-7-11(9(2)16-8)17-14(19)10-4-3-5-12(13(10)15)18(20)21/h3-7H,15H2,1-2H3,(H,17,19). The van der Waals surface area contributed by atoms with E-state index < -0.39 is 10.8 Å². The second kappa shape index (κ2) is 5.58. The van der Waals surface area contributed by atoms with Crippen molar-refractivity contribution in [1.82, 2.24) is 4.98 Å². The number of nitro groups is 1. The third-order valence-electron chi connectivity index (χ3n) is 3.00. The summed E-state index contributed by atoms with van der Waals surface area (Å²) in [6, 6.07) is 7.60. The van der Waals surface area contributed by atoms with Gasteiger partial charge in [-0.3, -0.25) is 19.9 Å². The maximum atomic E-state index is 12.2. The average Bonchev–Trinajstić information content (AvgIpc) is 2.41. The Morgan fingerprint density at radius 2 is 2.00 bits per heavy atom. The Balaban J connectivity index is 2.33. The highest BCUT2D eigenvalue weighted by atomic mass is 16.6. The van der Waals surface area contributed by atoms with E-state index in [9.17, 15) is 14.9 Å². The molecule has 1 amide bonds. The molecule has 1 aromatic carbocycles. The molecule has 7 heteroatoms. The van der Waals surface area contributed by atoms with Gasteiger partial charge in [-0.1, -0.05) is 6.07 Å². The third-order valence-corrected chi connectivity index (χ3v) is 3.00. The second-order valence-corrected chi connectivity index (χ2v) is 4.54. The van der Waals surface area contributed by atoms with Crippen LogP contribution >= 0.6 is 0 Å². The van der Waals surface area contributed by atoms with Gasteiger partial charge in [0.1, 0.15) is 5.69 Å². The molecule has 21 heavy (non-hydrogen) atoms. The number of nitrogens with two attached hydrogens (primary N) is 1. The summed E-state index contributed by atoms with van der Waals surface area (Å²) in [4.78, 5) is 26.6. The van der Waals surface area contributed by atoms with Gasteiger partial charge in [-0.15, -0.1) is 0 Å². The summed E-state index contributed by atoms with van der Waals surface area (Å²) in [6.45, 7) is 3.61. The van der Waals surface area contributed by atoms with E-state index in [1.165, 1.54) is 18.2 Å². The van der Waals surface area contributed by atoms with Crippen LogP contribution in [0.5, 0.6) is 0 Å². The highest BCUT2D eigenvalue weighted by Gasteiger charge is 2.19. The molecule has 0 saturated heterocycles. The molecule has 7 nitrogen and oxygen atoms in total. The van der Waals surface area contributed by atoms with Gasteiger partial charge >= 0.3 is 0 Å². The fourth-order valence-electron chi connectivity index (χ4n) is 1.92. The van der Waals surface area contributed by atoms with Gasteiger partial charge in [0, 0.05) is 11.8 Å². The summed E-state index contributed by atoms with van der Waals surface area (Å²) < 4.78 is 0. The SMILES string of the molecule is Cc1ccc(NC(=O)c2cccc([N+](=O)[O-])c2N)c(C)n1. The Morgan fingerprint density at radius 3 is 2.62 bits per heavy atom. The normalized spacial score (nSPS) is 10.2. The van der Waals surface area contributed by atoms with Crippen LogP contribution in [0.3, 0.4) is 0 Å². The summed E-state index contributed by atoms with van der Waals surface area (Å²) in [5.74, 6) is -0.509. The molecule has 1 heterocycles. The number of carbonyl (C=O) groups is 1. The fourth-order valence-corrected chi connectivity index (χ4v) is 1.92. The molecule has 2 aromatic rings. The second-order valence-electron chi connectivity index (χ2n) is 4.54. The number of aromatic nitrogens is 1. The van der Waals surface area contributed by atoms with Crippen LogP contribution in [-0.2, 0) is 0 Å². The monoisotopic (exact) mass is 286 g/mol. The van der Waals surface area contributed by atoms with Gasteiger partial charge in [0.25, 0.3) is 11.6 Å². The predicted octanol–water partition coefficient (Wildman–Crippen LogP) is 2.44. The molecule has 0 unspecified atom stereocenters. The lowest BCUT2D eigenvalue weighted by Crippen LogP contribution is -2.16. The number of nitro benzene ring substituents is 1. The first-order chi connectivity index (χ1) is 9.90. The number of benzene rings is 1. The molecule has 1 aromatic heterocycles. The third kappa shape index (κ3) is 2.97. The fraction of sp³-hybridized carbons (Fsp3) is 0.143. The van der Waals surface area contributed by atoms with Crippen molar-refractivity contribution in [3.8, 4) is 0 Å². The summed E-state index contributed by atoms with van der Waals surface area (Å²) in [5, 5.41) is 13.5. The first-order valence-electron chi connectivity index (χ1n) is 6.18. The molecule has 0 fully saturated rings. The van der Waals surface area contributed by atoms with Crippen molar-refractivity contribution in [3.05, 3.63) is 57.4 Å². The number of para-hydroxylation sites is 1. The van der Waals surface area contributed by atoms with E-state index in [2.05, 4.69) is 10.3 Å². The number of hydrogen-bond donors (Lipinski definition) is 2. The smallest absolute Gasteiger partial charge is 0.292 e. The minimum absolute atomic E-state index is 0.0594. The van der Waals surface area contributed by atoms with E-state index in [0.717, 1.165) is 5.69 Å². The van der Waals surface area contributed by atoms with E-state index in [4.69, 9.17) is 5.73 Å². The lowest BCUT2D eigenvalue weighted by molar-refractivity contribution is -0.383. The number of rotatable bonds is 3. The molecule has 0 aliphatic rings. The van der Waals surface area contributed by atoms with E-state index in [1.807, 2.05) is 6.92 Å². The number of nitrogens with one attached hydrogen (secondary N) is 1. The molecule has 0 aliphatic heterocycles. The number of pyridine rings is 1. The zero-order chi connectivity index (χ0) is 15.6. The maximum absolute atomic E-state index is 12.2. The van der Waals surface area contributed by atoms with E-state index >= 15 is 0 Å². The molecule has 2 rings (SSSR count). The van der Waals surface area contributed by atoms with Crippen molar-refractivity contribution < 1.29 is 9.72 Å². The number of amides is 1. The zero-order valence-corrected chi connectivity index (χ0v) is 11.6. The Morgan fingerprint density at radius 1 is 1.29 bits per heavy atom. The number of aryl methyl sites for hydroxylation is 2. The molecule has 0 bridgehead atoms. The summed E-state index contributed by atoms with van der Waals surface area (Å²) in [6.07, 6.45) is 0. The minimum atomic E-state index is -0.620. The maximum Gasteiger partial charge on any atom is 0.292 e. The molecule has 3 N–H and O–H groups in total. The van der Waals surface area contributed by atoms with Gasteiger partial charge in [-0.05, 0) is 32.0 Å². The number of anilines is 2. The van der Waals surface area contributed by atoms with Gasteiger partial charge in [0.2, 0.25) is 0 Å². The van der Waals surface area contributed by atoms with Crippen molar-refractivity contribution in [1.29, 1.82) is 0 Å². The van der Waals surface area contributed by atoms with E-state index in [-0.39, 0.29) is 16.9 Å². The van der Waals surface area contributed by atoms with Crippen LogP contribution in [0.1, 0.15) is 21.7 Å². The Hall–Kier alpha value is -2.96. The van der Waals surface area contributed by atoms with Gasteiger partial charge in [0.05, 0.1) is 21.9 Å². The van der Waals surface area contributed by atoms with Crippen molar-refractivity contribution in [2.45, 2.75) is 13.8 Å². The van der Waals surface area contributed by atoms with Crippen LogP contribution in [0.25, 0.3) is 0 Å². The van der Waals surface area contributed by atoms with Crippen molar-refractivity contribution in [2.75, 3.05) is 11.1 Å². The quantitative estimate of drug-likeness (QED) is 0.511. The molecular formula is C14H14N4O3. The predicted molar refractivity (Wildman–Crippen MR) is 79.2 cm³/mol. The Kier molecular flexibility index (Phi) is 3.84. The summed E-state index contributed by atoms with van der Waals surface area (Å²) in [5.41, 5.74) is 7.33. The first-order valence-corrected chi connectivity index (χ1v) is 6.18. The van der Waals surface area contributed by atoms with Crippen molar-refractivity contribution in [3.63, 3.8) is 0 Å².